The maximum absolute atomic E-state index is 13.0. The Morgan fingerprint density at radius 3 is 2.59 bits per heavy atom. The van der Waals surface area contributed by atoms with E-state index in [9.17, 15) is 8.42 Å². The maximum atomic E-state index is 13.0. The first-order valence-electron chi connectivity index (χ1n) is 8.54. The van der Waals surface area contributed by atoms with Crippen LogP contribution in [0.2, 0.25) is 0 Å². The molecular formula is C18H23N3O5S. The van der Waals surface area contributed by atoms with Gasteiger partial charge >= 0.3 is 0 Å². The number of sulfonamides is 1. The van der Waals surface area contributed by atoms with Gasteiger partial charge in [0.25, 0.3) is 0 Å². The summed E-state index contributed by atoms with van der Waals surface area (Å²) in [4.78, 5) is 8.37. The van der Waals surface area contributed by atoms with Crippen LogP contribution in [0.4, 0.5) is 0 Å². The van der Waals surface area contributed by atoms with Crippen molar-refractivity contribution in [1.29, 1.82) is 0 Å². The van der Waals surface area contributed by atoms with E-state index in [0.717, 1.165) is 5.56 Å². The van der Waals surface area contributed by atoms with Gasteiger partial charge in [-0.3, -0.25) is 0 Å². The molecule has 9 heteroatoms. The predicted molar refractivity (Wildman–Crippen MR) is 99.1 cm³/mol. The lowest BCUT2D eigenvalue weighted by molar-refractivity contribution is -0.0305. The van der Waals surface area contributed by atoms with Crippen molar-refractivity contribution in [3.63, 3.8) is 0 Å². The van der Waals surface area contributed by atoms with Gasteiger partial charge in [0.05, 0.1) is 25.9 Å². The third-order valence-electron chi connectivity index (χ3n) is 4.47. The summed E-state index contributed by atoms with van der Waals surface area (Å²) < 4.78 is 44.8. The Balaban J connectivity index is 1.95. The molecule has 3 rings (SSSR count). The number of methoxy groups -OCH3 is 2. The fourth-order valence-electron chi connectivity index (χ4n) is 2.98. The molecule has 2 atom stereocenters. The van der Waals surface area contributed by atoms with Gasteiger partial charge in [-0.2, -0.15) is 0 Å². The topological polar surface area (TPSA) is 99.6 Å². The summed E-state index contributed by atoms with van der Waals surface area (Å²) in [7, 11) is -0.860. The van der Waals surface area contributed by atoms with Crippen LogP contribution >= 0.6 is 0 Å². The van der Waals surface area contributed by atoms with Crippen LogP contribution in [0, 0.1) is 6.92 Å². The molecule has 0 amide bonds. The largest absolute Gasteiger partial charge is 0.495 e. The minimum Gasteiger partial charge on any atom is -0.495 e. The Bertz CT molecular complexity index is 886. The molecular weight excluding hydrogens is 370 g/mol. The molecule has 1 N–H and O–H groups in total. The molecule has 1 aliphatic heterocycles. The maximum Gasteiger partial charge on any atom is 0.244 e. The van der Waals surface area contributed by atoms with E-state index in [1.165, 1.54) is 7.11 Å². The van der Waals surface area contributed by atoms with Crippen LogP contribution in [-0.4, -0.2) is 58.0 Å². The van der Waals surface area contributed by atoms with Crippen molar-refractivity contribution in [3.05, 3.63) is 36.4 Å². The van der Waals surface area contributed by atoms with E-state index in [1.807, 2.05) is 0 Å². The van der Waals surface area contributed by atoms with E-state index in [-0.39, 0.29) is 23.4 Å². The molecule has 0 spiro atoms. The van der Waals surface area contributed by atoms with Crippen molar-refractivity contribution in [3.8, 4) is 16.9 Å². The Labute approximate surface area is 158 Å². The molecule has 0 aliphatic carbocycles. The van der Waals surface area contributed by atoms with E-state index >= 15 is 0 Å². The molecule has 0 bridgehead atoms. The molecule has 2 heterocycles. The standard InChI is InChI=1S/C18H23N3O5S/c1-12-19-9-14(10-20-12)13-4-5-17(25-3)18(8-13)27(22,23)21-15-11-26-7-6-16(15)24-2/h4-5,8-10,15-16,21H,6-7,11H2,1-3H3/t15-,16-/m1/s1. The summed E-state index contributed by atoms with van der Waals surface area (Å²) in [5.41, 5.74) is 1.40. The van der Waals surface area contributed by atoms with E-state index in [2.05, 4.69) is 14.7 Å². The lowest BCUT2D eigenvalue weighted by atomic mass is 10.1. The molecule has 1 aromatic carbocycles. The third kappa shape index (κ3) is 4.44. The number of ether oxygens (including phenoxy) is 3. The smallest absolute Gasteiger partial charge is 0.244 e. The van der Waals surface area contributed by atoms with Crippen LogP contribution in [0.5, 0.6) is 5.75 Å². The van der Waals surface area contributed by atoms with Gasteiger partial charge in [-0.15, -0.1) is 0 Å². The summed E-state index contributed by atoms with van der Waals surface area (Å²) in [6.45, 7) is 2.59. The van der Waals surface area contributed by atoms with Gasteiger partial charge in [0.1, 0.15) is 16.5 Å². The molecule has 1 saturated heterocycles. The zero-order valence-electron chi connectivity index (χ0n) is 15.5. The first-order valence-corrected chi connectivity index (χ1v) is 10.0. The number of aromatic nitrogens is 2. The third-order valence-corrected chi connectivity index (χ3v) is 5.98. The summed E-state index contributed by atoms with van der Waals surface area (Å²) >= 11 is 0. The molecule has 1 fully saturated rings. The monoisotopic (exact) mass is 393 g/mol. The highest BCUT2D eigenvalue weighted by atomic mass is 32.2. The number of nitrogens with one attached hydrogen (secondary N) is 1. The second-order valence-electron chi connectivity index (χ2n) is 6.25. The van der Waals surface area contributed by atoms with Crippen LogP contribution in [0.3, 0.4) is 0 Å². The van der Waals surface area contributed by atoms with Crippen LogP contribution in [0.15, 0.2) is 35.5 Å². The quantitative estimate of drug-likeness (QED) is 0.795. The van der Waals surface area contributed by atoms with Crippen molar-refractivity contribution in [2.45, 2.75) is 30.4 Å². The fourth-order valence-corrected chi connectivity index (χ4v) is 4.42. The molecule has 0 radical (unpaired) electrons. The number of hydrogen-bond donors (Lipinski definition) is 1. The SMILES string of the molecule is COc1ccc(-c2cnc(C)nc2)cc1S(=O)(=O)N[C@@H]1COCC[C@H]1OC. The van der Waals surface area contributed by atoms with Gasteiger partial charge in [0.15, 0.2) is 0 Å². The van der Waals surface area contributed by atoms with Gasteiger partial charge in [0.2, 0.25) is 10.0 Å². The van der Waals surface area contributed by atoms with Crippen molar-refractivity contribution in [2.24, 2.45) is 0 Å². The van der Waals surface area contributed by atoms with Crippen molar-refractivity contribution in [1.82, 2.24) is 14.7 Å². The first kappa shape index (κ1) is 19.7. The summed E-state index contributed by atoms with van der Waals surface area (Å²) in [5.74, 6) is 0.898. The van der Waals surface area contributed by atoms with Crippen LogP contribution in [-0.2, 0) is 19.5 Å². The fraction of sp³-hybridized carbons (Fsp3) is 0.444. The Hall–Kier alpha value is -2.07. The zero-order valence-corrected chi connectivity index (χ0v) is 16.3. The average molecular weight is 393 g/mol. The second kappa shape index (κ2) is 8.30. The van der Waals surface area contributed by atoms with Crippen molar-refractivity contribution >= 4 is 10.0 Å². The summed E-state index contributed by atoms with van der Waals surface area (Å²) in [6, 6.07) is 4.48. The average Bonchev–Trinajstić information content (AvgIpc) is 2.68. The lowest BCUT2D eigenvalue weighted by Crippen LogP contribution is -2.50. The van der Waals surface area contributed by atoms with E-state index in [1.54, 1.807) is 44.6 Å². The van der Waals surface area contributed by atoms with Gasteiger partial charge < -0.3 is 14.2 Å². The van der Waals surface area contributed by atoms with Gasteiger partial charge in [-0.05, 0) is 31.0 Å². The van der Waals surface area contributed by atoms with Crippen LogP contribution < -0.4 is 9.46 Å². The highest BCUT2D eigenvalue weighted by molar-refractivity contribution is 7.89. The molecule has 27 heavy (non-hydrogen) atoms. The van der Waals surface area contributed by atoms with Crippen molar-refractivity contribution < 1.29 is 22.6 Å². The Morgan fingerprint density at radius 2 is 1.93 bits per heavy atom. The van der Waals surface area contributed by atoms with Gasteiger partial charge in [-0.1, -0.05) is 6.07 Å². The Kier molecular flexibility index (Phi) is 6.05. The minimum absolute atomic E-state index is 0.0449. The molecule has 1 aromatic heterocycles. The summed E-state index contributed by atoms with van der Waals surface area (Å²) in [5, 5.41) is 0. The van der Waals surface area contributed by atoms with Crippen LogP contribution in [0.1, 0.15) is 12.2 Å². The first-order chi connectivity index (χ1) is 12.9. The minimum atomic E-state index is -3.86. The number of rotatable bonds is 6. The van der Waals surface area contributed by atoms with Crippen molar-refractivity contribution in [2.75, 3.05) is 27.4 Å². The molecule has 1 aliphatic rings. The molecule has 0 unspecified atom stereocenters. The number of nitrogens with zero attached hydrogens (tertiary/aromatic N) is 2. The van der Waals surface area contributed by atoms with E-state index < -0.39 is 16.1 Å². The van der Waals surface area contributed by atoms with E-state index in [0.29, 0.717) is 24.4 Å². The molecule has 8 nitrogen and oxygen atoms in total. The van der Waals surface area contributed by atoms with Gasteiger partial charge in [0, 0.05) is 31.7 Å². The molecule has 0 saturated carbocycles. The number of aryl methyl sites for hydroxylation is 1. The van der Waals surface area contributed by atoms with E-state index in [4.69, 9.17) is 14.2 Å². The highest BCUT2D eigenvalue weighted by Crippen LogP contribution is 2.30. The zero-order chi connectivity index (χ0) is 19.4. The highest BCUT2D eigenvalue weighted by Gasteiger charge is 2.31. The molecule has 2 aromatic rings. The Morgan fingerprint density at radius 1 is 1.19 bits per heavy atom. The lowest BCUT2D eigenvalue weighted by Gasteiger charge is -2.30. The van der Waals surface area contributed by atoms with Crippen LogP contribution in [0.25, 0.3) is 11.1 Å². The number of benzene rings is 1. The molecule has 146 valence electrons. The normalized spacial score (nSPS) is 20.4. The summed E-state index contributed by atoms with van der Waals surface area (Å²) in [6.07, 6.45) is 3.70. The number of hydrogen-bond acceptors (Lipinski definition) is 7. The predicted octanol–water partition coefficient (Wildman–Crippen LogP) is 1.54. The van der Waals surface area contributed by atoms with Gasteiger partial charge in [-0.25, -0.2) is 23.1 Å². The second-order valence-corrected chi connectivity index (χ2v) is 7.93.